The zero-order valence-electron chi connectivity index (χ0n) is 53.5. The van der Waals surface area contributed by atoms with Crippen LogP contribution >= 0.6 is 0 Å². The summed E-state index contributed by atoms with van der Waals surface area (Å²) in [6.45, 7) is 0. The second kappa shape index (κ2) is 11.8. The van der Waals surface area contributed by atoms with Crippen LogP contribution in [0.25, 0.3) is 67.5 Å². The summed E-state index contributed by atoms with van der Waals surface area (Å²) in [5, 5.41) is 0. The molecule has 48 heavy (non-hydrogen) atoms. The lowest BCUT2D eigenvalue weighted by Crippen LogP contribution is -2.28. The Hall–Kier alpha value is -5.67. The molecule has 0 unspecified atom stereocenters. The molecule has 0 bridgehead atoms. The lowest BCUT2D eigenvalue weighted by atomic mass is 9.67. The molecule has 0 atom stereocenters. The van der Waals surface area contributed by atoms with Crippen LogP contribution in [0.1, 0.15) is 82.9 Å². The van der Waals surface area contributed by atoms with Crippen molar-refractivity contribution in [3.8, 4) is 67.5 Å². The molecule has 0 radical (unpaired) electrons. The molecule has 7 aromatic rings. The van der Waals surface area contributed by atoms with Crippen molar-refractivity contribution in [2.24, 2.45) is 0 Å². The maximum atomic E-state index is 9.80. The quantitative estimate of drug-likeness (QED) is 0.187. The van der Waals surface area contributed by atoms with Gasteiger partial charge in [-0.25, -0.2) is 15.0 Å². The Bertz CT molecular complexity index is 3680. The molecule has 9 rings (SSSR count). The molecular formula is C45H35N3. The van der Waals surface area contributed by atoms with Crippen molar-refractivity contribution >= 4 is 0 Å². The summed E-state index contributed by atoms with van der Waals surface area (Å²) in [6, 6.07) is -24.0. The van der Waals surface area contributed by atoms with E-state index in [2.05, 4.69) is 15.0 Å². The van der Waals surface area contributed by atoms with Crippen molar-refractivity contribution in [2.45, 2.75) is 37.4 Å². The van der Waals surface area contributed by atoms with E-state index in [9.17, 15) is 16.4 Å². The summed E-state index contributed by atoms with van der Waals surface area (Å²) in [7, 11) is 0. The van der Waals surface area contributed by atoms with Crippen molar-refractivity contribution in [3.63, 3.8) is 0 Å². The summed E-state index contributed by atoms with van der Waals surface area (Å²) in [5.41, 5.74) is -11.2. The number of hydrogen-bond acceptors (Lipinski definition) is 3. The first-order valence-corrected chi connectivity index (χ1v) is 14.5. The Kier molecular flexibility index (Phi) is 2.84. The van der Waals surface area contributed by atoms with Crippen LogP contribution in [0.15, 0.2) is 151 Å². The van der Waals surface area contributed by atoms with Crippen molar-refractivity contribution in [2.75, 3.05) is 0 Å². The lowest BCUT2D eigenvalue weighted by molar-refractivity contribution is 0.353. The topological polar surface area (TPSA) is 38.7 Å². The number of aromatic nitrogens is 3. The largest absolute Gasteiger partial charge is 0.208 e. The highest BCUT2D eigenvalue weighted by Crippen LogP contribution is 2.56. The van der Waals surface area contributed by atoms with Crippen molar-refractivity contribution < 1.29 is 39.8 Å². The van der Waals surface area contributed by atoms with Gasteiger partial charge in [-0.3, -0.25) is 0 Å². The van der Waals surface area contributed by atoms with Gasteiger partial charge in [0, 0.05) is 27.6 Å². The summed E-state index contributed by atoms with van der Waals surface area (Å²) >= 11 is 0. The fourth-order valence-electron chi connectivity index (χ4n) is 5.54. The van der Waals surface area contributed by atoms with Crippen LogP contribution in [0.4, 0.5) is 0 Å². The van der Waals surface area contributed by atoms with E-state index >= 15 is 0 Å². The molecule has 2 aliphatic carbocycles. The highest BCUT2D eigenvalue weighted by Gasteiger charge is 2.43. The van der Waals surface area contributed by atoms with Crippen LogP contribution in [0.5, 0.6) is 0 Å². The molecule has 1 fully saturated rings. The average Bonchev–Trinajstić information content (AvgIpc) is 3.99. The molecule has 6 aromatic carbocycles. The summed E-state index contributed by atoms with van der Waals surface area (Å²) in [6.07, 6.45) is -6.50. The van der Waals surface area contributed by atoms with Crippen LogP contribution in [-0.2, 0) is 5.41 Å². The highest BCUT2D eigenvalue weighted by molar-refractivity contribution is 5.85. The van der Waals surface area contributed by atoms with Gasteiger partial charge >= 0.3 is 0 Å². The molecule has 1 spiro atoms. The zero-order chi connectivity index (χ0) is 57.3. The second-order valence-electron chi connectivity index (χ2n) is 10.5. The number of rotatable bonds is 5. The van der Waals surface area contributed by atoms with Gasteiger partial charge in [-0.1, -0.05) is 158 Å². The minimum atomic E-state index is -2.81. The van der Waals surface area contributed by atoms with Gasteiger partial charge in [0.15, 0.2) is 17.5 Å². The third kappa shape index (κ3) is 4.94. The van der Waals surface area contributed by atoms with Crippen molar-refractivity contribution in [1.29, 1.82) is 0 Å². The number of fused-ring (bicyclic) bond motifs is 5. The van der Waals surface area contributed by atoms with E-state index in [1.165, 1.54) is 0 Å². The van der Waals surface area contributed by atoms with E-state index in [4.69, 9.17) is 23.3 Å². The van der Waals surface area contributed by atoms with E-state index in [0.717, 1.165) is 0 Å². The number of benzene rings is 6. The molecule has 0 saturated heterocycles. The molecule has 0 amide bonds. The van der Waals surface area contributed by atoms with Crippen LogP contribution in [-0.4, -0.2) is 15.0 Å². The highest BCUT2D eigenvalue weighted by atomic mass is 15.0. The van der Waals surface area contributed by atoms with E-state index in [1.54, 1.807) is 0 Å². The van der Waals surface area contributed by atoms with Gasteiger partial charge in [0.2, 0.25) is 0 Å². The minimum Gasteiger partial charge on any atom is -0.208 e. The Labute approximate surface area is 322 Å². The average molecular weight is 647 g/mol. The number of nitrogens with zero attached hydrogens (tertiary/aromatic N) is 3. The molecule has 1 heterocycles. The van der Waals surface area contributed by atoms with Crippen molar-refractivity contribution in [1.82, 2.24) is 15.0 Å². The Morgan fingerprint density at radius 1 is 0.396 bits per heavy atom. The minimum absolute atomic E-state index is 0.0709. The standard InChI is InChI=1S/C45H35N3/c1-4-13-32(14-5-1)42-46-43(33-15-6-2-7-16-33)48-44(47-42)34-23-21-31(22-24-34)35-17-12-18-36(29-35)37-25-26-39-38-19-8-9-20-40(38)45(41(39)30-37)27-10-3-11-28-45/h1-2,4-9,12-26,29-30H,3,10-11,27-28H2/i1D,2D,4D,5D,6D,7D,8D,9D,12D,13D,14D,15D,16D,17D,18D,19D,20D,21D,22D,23D,24D,25D,26D,27D2,28D2,29D,30D. The van der Waals surface area contributed by atoms with Gasteiger partial charge in [-0.2, -0.15) is 0 Å². The third-order valence-corrected chi connectivity index (χ3v) is 7.69. The van der Waals surface area contributed by atoms with Gasteiger partial charge < -0.3 is 0 Å². The van der Waals surface area contributed by atoms with Gasteiger partial charge in [0.1, 0.15) is 0 Å². The molecular weight excluding hydrogens is 583 g/mol. The summed E-state index contributed by atoms with van der Waals surface area (Å²) < 4.78 is 259. The van der Waals surface area contributed by atoms with E-state index in [0.29, 0.717) is 0 Å². The fourth-order valence-corrected chi connectivity index (χ4v) is 5.54. The normalized spacial score (nSPS) is 25.0. The molecule has 0 N–H and O–H groups in total. The maximum absolute atomic E-state index is 9.80. The van der Waals surface area contributed by atoms with E-state index < -0.39 is 261 Å². The SMILES string of the molecule is [2H]c1c([2H])c([2H])c(-c2nc(-c3c([2H])c([2H])c([2H])c([2H])c3[2H])nc(-c3c([2H])c([2H])c(-c4c([2H])c([2H])c([2H])c(-c5c([2H])c([2H])c6c(c5[2H])C5(c7c([2H])c([2H])c([2H])c([2H])c7-6)C([2H])([2H])CCCC5([2H])[2H])c4[2H])c([2H])c3[2H])n2)c([2H])c1[2H]. The molecule has 230 valence electrons. The fraction of sp³-hybridized carbons (Fsp3) is 0.133. The van der Waals surface area contributed by atoms with Gasteiger partial charge in [0.05, 0.1) is 34.3 Å². The van der Waals surface area contributed by atoms with Crippen LogP contribution in [0.2, 0.25) is 0 Å². The molecule has 2 aliphatic rings. The van der Waals surface area contributed by atoms with Gasteiger partial charge in [-0.05, 0) is 69.3 Å². The smallest absolute Gasteiger partial charge is 0.164 e. The Morgan fingerprint density at radius 3 is 1.50 bits per heavy atom. The van der Waals surface area contributed by atoms with Crippen LogP contribution in [0.3, 0.4) is 0 Å². The maximum Gasteiger partial charge on any atom is 0.164 e. The Balaban J connectivity index is 1.36. The van der Waals surface area contributed by atoms with E-state index in [1.807, 2.05) is 0 Å². The monoisotopic (exact) mass is 646 g/mol. The molecule has 0 aliphatic heterocycles. The first-order chi connectivity index (χ1) is 35.7. The zero-order valence-corrected chi connectivity index (χ0v) is 24.5. The van der Waals surface area contributed by atoms with Gasteiger partial charge in [-0.15, -0.1) is 0 Å². The summed E-state index contributed by atoms with van der Waals surface area (Å²) in [4.78, 5) is 12.5. The molecule has 3 nitrogen and oxygen atoms in total. The van der Waals surface area contributed by atoms with Gasteiger partial charge in [0.25, 0.3) is 0 Å². The number of hydrogen-bond donors (Lipinski definition) is 0. The van der Waals surface area contributed by atoms with Crippen molar-refractivity contribution in [3.05, 3.63) is 162 Å². The predicted molar refractivity (Wildman–Crippen MR) is 196 cm³/mol. The molecule has 1 saturated carbocycles. The molecule has 1 aromatic heterocycles. The predicted octanol–water partition coefficient (Wildman–Crippen LogP) is 11.4. The van der Waals surface area contributed by atoms with Crippen LogP contribution in [0, 0.1) is 0 Å². The lowest BCUT2D eigenvalue weighted by Gasteiger charge is -2.36. The van der Waals surface area contributed by atoms with Crippen LogP contribution < -0.4 is 0 Å². The first kappa shape index (κ1) is 11.5. The first-order valence-electron chi connectivity index (χ1n) is 29.0. The second-order valence-corrected chi connectivity index (χ2v) is 10.5. The molecule has 3 heteroatoms. The summed E-state index contributed by atoms with van der Waals surface area (Å²) in [5.74, 6) is -2.51. The third-order valence-electron chi connectivity index (χ3n) is 7.69. The Morgan fingerprint density at radius 2 is 0.854 bits per heavy atom. The van der Waals surface area contributed by atoms with E-state index in [-0.39, 0.29) is 6.42 Å².